The molecule has 0 unspecified atom stereocenters. The van der Waals surface area contributed by atoms with Gasteiger partial charge in [0.25, 0.3) is 0 Å². The van der Waals surface area contributed by atoms with Gasteiger partial charge in [0, 0.05) is 327 Å². The van der Waals surface area contributed by atoms with Gasteiger partial charge >= 0.3 is 0 Å². The molecule has 10 rings (SSSR count). The van der Waals surface area contributed by atoms with Crippen LogP contribution in [0.15, 0.2) is 121 Å². The van der Waals surface area contributed by atoms with Crippen molar-refractivity contribution in [3.05, 3.63) is 196 Å². The van der Waals surface area contributed by atoms with Gasteiger partial charge in [-0.2, -0.15) is 0 Å². The predicted octanol–water partition coefficient (Wildman–Crippen LogP) is 18.8. The minimum Gasteiger partial charge on any atom is -0.358 e. The molecule has 4 aliphatic rings. The molecule has 0 fully saturated rings. The molecule has 6 aromatic carbocycles. The van der Waals surface area contributed by atoms with Crippen molar-refractivity contribution in [1.82, 2.24) is 0 Å². The fourth-order valence-corrected chi connectivity index (χ4v) is 7.54. The van der Waals surface area contributed by atoms with Crippen molar-refractivity contribution in [3.63, 3.8) is 0 Å². The zero-order chi connectivity index (χ0) is 40.3. The summed E-state index contributed by atoms with van der Waals surface area (Å²) in [5.41, 5.74) is 23.4. The fourth-order valence-electron chi connectivity index (χ4n) is 7.54. The first-order valence-electron chi connectivity index (χ1n) is 21.7. The molecule has 0 saturated heterocycles. The zero-order valence-corrected chi connectivity index (χ0v) is 74.7. The van der Waals surface area contributed by atoms with E-state index < -0.39 is 0 Å². The van der Waals surface area contributed by atoms with E-state index in [0.717, 1.165) is 25.7 Å². The van der Waals surface area contributed by atoms with Crippen LogP contribution >= 0.6 is 0 Å². The molecule has 10 heteroatoms. The molecular formula is C59H82Y10-4. The summed E-state index contributed by atoms with van der Waals surface area (Å²) in [5, 5.41) is 0. The Morgan fingerprint density at radius 2 is 0.362 bits per heavy atom. The van der Waals surface area contributed by atoms with Gasteiger partial charge in [0.1, 0.15) is 0 Å². The minimum atomic E-state index is 0. The molecule has 0 aromatic heterocycles. The van der Waals surface area contributed by atoms with E-state index in [4.69, 9.17) is 0 Å². The van der Waals surface area contributed by atoms with Gasteiger partial charge in [-0.05, 0) is 139 Å². The summed E-state index contributed by atoms with van der Waals surface area (Å²) in [6.07, 6.45) is 8.09. The Morgan fingerprint density at radius 3 is 0.507 bits per heavy atom. The molecule has 0 N–H and O–H groups in total. The van der Waals surface area contributed by atoms with Gasteiger partial charge in [-0.15, -0.1) is 0 Å². The molecular weight excluding hydrogens is 1600 g/mol. The largest absolute Gasteiger partial charge is 0.358 e. The standard InChI is InChI=1S/2C20H14.3C3H8.3C2H6.4CH3.10Y/c2*1-3-7-17-13(5-1)9-15-11-20-16(12-19(15)17)10-14-6-2-4-8-18(14)20;3*1-3-2;3*1-2;;;;;;;;;;;;;;/h2*1-8,11-12H,9-10H2;3*3H2,1-2H3;3*1-2H3;4*1H3;;;;;;;;;;/q;;;;;;;;4*-1;;;;;;;;;;. The summed E-state index contributed by atoms with van der Waals surface area (Å²) in [4.78, 5) is 0. The number of benzene rings is 6. The topological polar surface area (TPSA) is 0 Å². The van der Waals surface area contributed by atoms with Gasteiger partial charge in [0.05, 0.1) is 0 Å². The third kappa shape index (κ3) is 29.8. The van der Waals surface area contributed by atoms with Crippen molar-refractivity contribution in [1.29, 1.82) is 0 Å². The SMILES string of the molecule is CC.CC.CC.CCC.CCC.CCC.[CH3-].[CH3-].[CH3-].[CH3-].[Y].[Y].[Y].[Y].[Y].[Y].[Y].[Y].[Y].[Y].c1ccc2c(c1)Cc1cc3c(cc1-2)Cc1ccccc1-3.c1ccc2c(c1)Cc1cc3c(cc1-2)Cc1ccccc1-3. The van der Waals surface area contributed by atoms with Crippen LogP contribution in [0.3, 0.4) is 0 Å². The van der Waals surface area contributed by atoms with E-state index in [-0.39, 0.29) is 357 Å². The Kier molecular flexibility index (Phi) is 90.9. The fraction of sp³-hybridized carbons (Fsp3) is 0.322. The van der Waals surface area contributed by atoms with Crippen molar-refractivity contribution in [2.24, 2.45) is 0 Å². The van der Waals surface area contributed by atoms with Gasteiger partial charge in [0.15, 0.2) is 0 Å². The normalized spacial score (nSPS) is 8.93. The summed E-state index contributed by atoms with van der Waals surface area (Å²) in [6, 6.07) is 45.0. The number of rotatable bonds is 0. The van der Waals surface area contributed by atoms with E-state index in [1.54, 1.807) is 0 Å². The Labute approximate surface area is 680 Å². The third-order valence-electron chi connectivity index (χ3n) is 9.41. The van der Waals surface area contributed by atoms with Crippen LogP contribution in [-0.4, -0.2) is 0 Å². The molecule has 4 aliphatic carbocycles. The first-order chi connectivity index (χ1) is 27.0. The van der Waals surface area contributed by atoms with E-state index in [0.29, 0.717) is 0 Å². The Hall–Kier alpha value is 6.36. The summed E-state index contributed by atoms with van der Waals surface area (Å²) in [6.45, 7) is 24.8. The smallest absolute Gasteiger partial charge is 0 e. The Morgan fingerprint density at radius 1 is 0.232 bits per heavy atom. The summed E-state index contributed by atoms with van der Waals surface area (Å²) >= 11 is 0. The van der Waals surface area contributed by atoms with Crippen molar-refractivity contribution >= 4 is 0 Å². The van der Waals surface area contributed by atoms with E-state index in [1.165, 1.54) is 108 Å². The average Bonchev–Trinajstić information content (AvgIpc) is 3.99. The molecule has 0 amide bonds. The molecule has 6 aromatic rings. The first kappa shape index (κ1) is 104. The molecule has 0 atom stereocenters. The minimum absolute atomic E-state index is 0. The molecule has 0 saturated carbocycles. The predicted molar refractivity (Wildman–Crippen MR) is 273 cm³/mol. The van der Waals surface area contributed by atoms with Gasteiger partial charge in [-0.25, -0.2) is 0 Å². The van der Waals surface area contributed by atoms with Crippen LogP contribution in [0.4, 0.5) is 0 Å². The van der Waals surface area contributed by atoms with Crippen LogP contribution in [0.5, 0.6) is 0 Å². The maximum absolute atomic E-state index is 2.43. The second-order valence-electron chi connectivity index (χ2n) is 13.8. The van der Waals surface area contributed by atoms with Crippen molar-refractivity contribution in [2.45, 2.75) is 128 Å². The molecule has 0 spiro atoms. The van der Waals surface area contributed by atoms with E-state index >= 15 is 0 Å². The van der Waals surface area contributed by atoms with E-state index in [1.807, 2.05) is 41.5 Å². The zero-order valence-electron chi connectivity index (χ0n) is 46.3. The Balaban J connectivity index is -0.0000000636. The second kappa shape index (κ2) is 60.5. The van der Waals surface area contributed by atoms with Crippen LogP contribution in [-0.2, 0) is 353 Å². The maximum atomic E-state index is 2.43. The van der Waals surface area contributed by atoms with Gasteiger partial charge in [-0.3, -0.25) is 0 Å². The summed E-state index contributed by atoms with van der Waals surface area (Å²) in [7, 11) is 0. The average molecular weight is 1680 g/mol. The van der Waals surface area contributed by atoms with Crippen molar-refractivity contribution < 1.29 is 327 Å². The van der Waals surface area contributed by atoms with Gasteiger partial charge < -0.3 is 29.7 Å². The maximum Gasteiger partial charge on any atom is 0 e. The van der Waals surface area contributed by atoms with Crippen molar-refractivity contribution in [2.75, 3.05) is 0 Å². The molecule has 10 radical (unpaired) electrons. The van der Waals surface area contributed by atoms with Crippen LogP contribution in [0, 0.1) is 29.7 Å². The van der Waals surface area contributed by atoms with Gasteiger partial charge in [-0.1, -0.05) is 199 Å². The van der Waals surface area contributed by atoms with Crippen molar-refractivity contribution in [3.8, 4) is 44.5 Å². The molecule has 352 valence electrons. The quantitative estimate of drug-likeness (QED) is 0.133. The van der Waals surface area contributed by atoms with E-state index in [2.05, 4.69) is 163 Å². The molecule has 0 nitrogen and oxygen atoms in total. The second-order valence-corrected chi connectivity index (χ2v) is 13.8. The number of hydrogen-bond donors (Lipinski definition) is 0. The molecule has 0 aliphatic heterocycles. The summed E-state index contributed by atoms with van der Waals surface area (Å²) < 4.78 is 0. The molecule has 69 heavy (non-hydrogen) atoms. The summed E-state index contributed by atoms with van der Waals surface area (Å²) in [5.74, 6) is 0. The number of hydrogen-bond acceptors (Lipinski definition) is 0. The first-order valence-corrected chi connectivity index (χ1v) is 21.7. The van der Waals surface area contributed by atoms with Gasteiger partial charge in [0.2, 0.25) is 0 Å². The number of fused-ring (bicyclic) bond motifs is 12. The Bertz CT molecular complexity index is 1800. The van der Waals surface area contributed by atoms with Crippen LogP contribution in [0.2, 0.25) is 0 Å². The molecule has 0 heterocycles. The van der Waals surface area contributed by atoms with Crippen LogP contribution in [0.1, 0.15) is 147 Å². The monoisotopic (exact) mass is 1680 g/mol. The van der Waals surface area contributed by atoms with Crippen LogP contribution in [0.25, 0.3) is 44.5 Å². The van der Waals surface area contributed by atoms with Crippen LogP contribution < -0.4 is 0 Å². The molecule has 0 bridgehead atoms. The van der Waals surface area contributed by atoms with E-state index in [9.17, 15) is 0 Å². The third-order valence-corrected chi connectivity index (χ3v) is 9.41.